The number of hydrazone groups is 1. The zero-order valence-electron chi connectivity index (χ0n) is 24.2. The normalized spacial score (nSPS) is 15.3. The minimum Gasteiger partial charge on any atom is -0.490 e. The number of esters is 1. The third-order valence-corrected chi connectivity index (χ3v) is 7.10. The number of benzene rings is 3. The largest absolute Gasteiger partial charge is 0.490 e. The molecule has 2 amide bonds. The smallest absolute Gasteiger partial charge is 0.337 e. The van der Waals surface area contributed by atoms with Gasteiger partial charge in [-0.25, -0.2) is 9.59 Å². The van der Waals surface area contributed by atoms with Crippen LogP contribution in [0.5, 0.6) is 17.2 Å². The lowest BCUT2D eigenvalue weighted by Gasteiger charge is -2.28. The number of urea groups is 1. The van der Waals surface area contributed by atoms with E-state index in [1.165, 1.54) is 13.3 Å². The van der Waals surface area contributed by atoms with Crippen molar-refractivity contribution in [3.8, 4) is 17.2 Å². The summed E-state index contributed by atoms with van der Waals surface area (Å²) in [5, 5.41) is 20.8. The van der Waals surface area contributed by atoms with Crippen molar-refractivity contribution < 1.29 is 33.6 Å². The Bertz CT molecular complexity index is 1560. The van der Waals surface area contributed by atoms with E-state index in [0.29, 0.717) is 51.8 Å². The van der Waals surface area contributed by atoms with Gasteiger partial charge >= 0.3 is 12.0 Å². The molecular weight excluding hydrogens is 611 g/mol. The summed E-state index contributed by atoms with van der Waals surface area (Å²) < 4.78 is 22.3. The molecule has 11 nitrogen and oxygen atoms in total. The number of ether oxygens (including phenoxy) is 4. The first-order valence-corrected chi connectivity index (χ1v) is 14.3. The summed E-state index contributed by atoms with van der Waals surface area (Å²) >= 11 is 12.0. The van der Waals surface area contributed by atoms with Crippen molar-refractivity contribution in [1.82, 2.24) is 16.1 Å². The number of methoxy groups -OCH3 is 1. The molecular formula is C31H32Cl2N4O7. The van der Waals surface area contributed by atoms with Crippen LogP contribution in [0.25, 0.3) is 0 Å². The first-order valence-electron chi connectivity index (χ1n) is 13.6. The molecule has 4 N–H and O–H groups in total. The molecule has 44 heavy (non-hydrogen) atoms. The lowest BCUT2D eigenvalue weighted by Crippen LogP contribution is -2.45. The average molecular weight is 644 g/mol. The molecule has 0 radical (unpaired) electrons. The van der Waals surface area contributed by atoms with Crippen LogP contribution in [0.1, 0.15) is 36.6 Å². The van der Waals surface area contributed by atoms with Gasteiger partial charge in [0.25, 0.3) is 0 Å². The van der Waals surface area contributed by atoms with E-state index in [0.717, 1.165) is 11.1 Å². The van der Waals surface area contributed by atoms with Crippen LogP contribution < -0.4 is 30.3 Å². The van der Waals surface area contributed by atoms with Gasteiger partial charge in [0, 0.05) is 5.70 Å². The number of amides is 2. The lowest BCUT2D eigenvalue weighted by molar-refractivity contribution is -0.136. The van der Waals surface area contributed by atoms with Crippen LogP contribution >= 0.6 is 23.2 Å². The van der Waals surface area contributed by atoms with Gasteiger partial charge in [0.1, 0.15) is 19.0 Å². The molecule has 1 heterocycles. The van der Waals surface area contributed by atoms with E-state index in [2.05, 4.69) is 21.2 Å². The van der Waals surface area contributed by atoms with Crippen molar-refractivity contribution in [3.63, 3.8) is 0 Å². The SMILES string of the molecule is CCOc1cc([C@@H]2NC(=O)NC(C)=C2C(=O)OC)ccc1OC[C@@H](O)N/N=C\c1cccc(OCc2ccc(Cl)c(Cl)c2)c1. The van der Waals surface area contributed by atoms with E-state index >= 15 is 0 Å². The van der Waals surface area contributed by atoms with Crippen molar-refractivity contribution in [3.05, 3.63) is 98.7 Å². The number of aliphatic hydroxyl groups excluding tert-OH is 1. The van der Waals surface area contributed by atoms with E-state index in [1.807, 2.05) is 31.2 Å². The van der Waals surface area contributed by atoms with E-state index in [-0.39, 0.29) is 12.2 Å². The minimum atomic E-state index is -1.14. The third kappa shape index (κ3) is 8.56. The van der Waals surface area contributed by atoms with Crippen LogP contribution in [0.3, 0.4) is 0 Å². The molecule has 0 fully saturated rings. The fourth-order valence-electron chi connectivity index (χ4n) is 4.30. The van der Waals surface area contributed by atoms with Gasteiger partial charge in [-0.05, 0) is 66.9 Å². The predicted octanol–water partition coefficient (Wildman–Crippen LogP) is 5.09. The number of nitrogens with zero attached hydrogens (tertiary/aromatic N) is 1. The van der Waals surface area contributed by atoms with Gasteiger partial charge in [-0.1, -0.05) is 47.5 Å². The van der Waals surface area contributed by atoms with Crippen molar-refractivity contribution >= 4 is 41.4 Å². The zero-order chi connectivity index (χ0) is 31.6. The Kier molecular flexibility index (Phi) is 11.3. The van der Waals surface area contributed by atoms with Crippen molar-refractivity contribution in [1.29, 1.82) is 0 Å². The number of hydrogen-bond donors (Lipinski definition) is 4. The topological polar surface area (TPSA) is 140 Å². The molecule has 0 unspecified atom stereocenters. The Morgan fingerprint density at radius 3 is 2.64 bits per heavy atom. The van der Waals surface area contributed by atoms with Gasteiger partial charge in [0.05, 0.1) is 41.6 Å². The Morgan fingerprint density at radius 1 is 1.07 bits per heavy atom. The van der Waals surface area contributed by atoms with Crippen LogP contribution in [-0.2, 0) is 16.1 Å². The molecule has 3 aromatic rings. The summed E-state index contributed by atoms with van der Waals surface area (Å²) in [6, 6.07) is 16.4. The second-order valence-corrected chi connectivity index (χ2v) is 10.3. The first kappa shape index (κ1) is 32.5. The highest BCUT2D eigenvalue weighted by atomic mass is 35.5. The van der Waals surface area contributed by atoms with Crippen molar-refractivity contribution in [2.75, 3.05) is 20.3 Å². The van der Waals surface area contributed by atoms with E-state index in [4.69, 9.17) is 42.1 Å². The highest BCUT2D eigenvalue weighted by Crippen LogP contribution is 2.35. The first-order chi connectivity index (χ1) is 21.2. The third-order valence-electron chi connectivity index (χ3n) is 6.36. The maximum Gasteiger partial charge on any atom is 0.337 e. The van der Waals surface area contributed by atoms with Gasteiger partial charge in [0.2, 0.25) is 0 Å². The Labute approximate surface area is 264 Å². The molecule has 0 saturated carbocycles. The highest BCUT2D eigenvalue weighted by Gasteiger charge is 2.32. The number of nitrogens with one attached hydrogen (secondary N) is 3. The average Bonchev–Trinajstić information content (AvgIpc) is 3.00. The second kappa shape index (κ2) is 15.3. The van der Waals surface area contributed by atoms with Crippen molar-refractivity contribution in [2.45, 2.75) is 32.7 Å². The van der Waals surface area contributed by atoms with Crippen LogP contribution in [0.4, 0.5) is 4.79 Å². The number of allylic oxidation sites excluding steroid dienone is 1. The predicted molar refractivity (Wildman–Crippen MR) is 166 cm³/mol. The molecule has 232 valence electrons. The summed E-state index contributed by atoms with van der Waals surface area (Å²) in [5.41, 5.74) is 5.48. The summed E-state index contributed by atoms with van der Waals surface area (Å²) in [4.78, 5) is 24.6. The van der Waals surface area contributed by atoms with Gasteiger partial charge in [-0.2, -0.15) is 5.10 Å². The van der Waals surface area contributed by atoms with Crippen molar-refractivity contribution in [2.24, 2.45) is 5.10 Å². The van der Waals surface area contributed by atoms with Gasteiger partial charge < -0.3 is 34.7 Å². The fourth-order valence-corrected chi connectivity index (χ4v) is 4.62. The Morgan fingerprint density at radius 2 is 1.89 bits per heavy atom. The van der Waals surface area contributed by atoms with Gasteiger partial charge in [-0.15, -0.1) is 0 Å². The number of carbonyl (C=O) groups excluding carboxylic acids is 2. The molecule has 0 aliphatic carbocycles. The molecule has 13 heteroatoms. The van der Waals surface area contributed by atoms with Gasteiger partial charge in [0.15, 0.2) is 17.7 Å². The summed E-state index contributed by atoms with van der Waals surface area (Å²) in [6.45, 7) is 3.93. The quantitative estimate of drug-likeness (QED) is 0.0875. The van der Waals surface area contributed by atoms with E-state index in [9.17, 15) is 14.7 Å². The summed E-state index contributed by atoms with van der Waals surface area (Å²) in [7, 11) is 1.27. The Balaban J connectivity index is 1.35. The standard InChI is InChI=1S/C31H32Cl2N4O7/c1-4-42-26-14-21(29-28(30(39)41-3)18(2)35-31(40)36-29)9-11-25(26)44-17-27(38)37-34-15-19-6-5-7-22(12-19)43-16-20-8-10-23(32)24(33)13-20/h5-15,27,29,37-38H,4,16-17H2,1-3H3,(H2,35,36,40)/b34-15-/t27-,29+/m1/s1. The monoisotopic (exact) mass is 642 g/mol. The van der Waals surface area contributed by atoms with Crippen LogP contribution in [0, 0.1) is 0 Å². The molecule has 0 saturated heterocycles. The Hall–Kier alpha value is -4.45. The van der Waals surface area contributed by atoms with Crippen LogP contribution in [0.15, 0.2) is 77.0 Å². The minimum absolute atomic E-state index is 0.153. The highest BCUT2D eigenvalue weighted by molar-refractivity contribution is 6.42. The van der Waals surface area contributed by atoms with E-state index < -0.39 is 24.3 Å². The number of rotatable bonds is 13. The van der Waals surface area contributed by atoms with Gasteiger partial charge in [-0.3, -0.25) is 5.43 Å². The van der Waals surface area contributed by atoms with Crippen LogP contribution in [0.2, 0.25) is 10.0 Å². The maximum absolute atomic E-state index is 12.4. The molecule has 1 aliphatic rings. The molecule has 0 aromatic heterocycles. The zero-order valence-corrected chi connectivity index (χ0v) is 25.7. The number of aliphatic hydroxyl groups is 1. The number of halogens is 2. The van der Waals surface area contributed by atoms with E-state index in [1.54, 1.807) is 43.3 Å². The summed E-state index contributed by atoms with van der Waals surface area (Å²) in [5.74, 6) is 0.778. The molecule has 0 bridgehead atoms. The fraction of sp³-hybridized carbons (Fsp3) is 0.258. The molecule has 0 spiro atoms. The lowest BCUT2D eigenvalue weighted by atomic mass is 9.95. The molecule has 4 rings (SSSR count). The summed E-state index contributed by atoms with van der Waals surface area (Å²) in [6.07, 6.45) is 0.395. The maximum atomic E-state index is 12.4. The number of carbonyl (C=O) groups is 2. The molecule has 1 aliphatic heterocycles. The molecule has 2 atom stereocenters. The molecule has 3 aromatic carbocycles. The second-order valence-electron chi connectivity index (χ2n) is 9.52. The number of hydrogen-bond acceptors (Lipinski definition) is 9. The van der Waals surface area contributed by atoms with Crippen LogP contribution in [-0.4, -0.2) is 49.9 Å².